The third kappa shape index (κ3) is 2.00. The highest BCUT2D eigenvalue weighted by atomic mass is 79.9. The van der Waals surface area contributed by atoms with Crippen LogP contribution in [0.2, 0.25) is 0 Å². The molecule has 1 N–H and O–H groups in total. The molecule has 1 aliphatic heterocycles. The lowest BCUT2D eigenvalue weighted by Gasteiger charge is -2.34. The minimum Gasteiger partial charge on any atom is -0.383 e. The number of likely N-dealkylation sites (tertiary alicyclic amines) is 1. The average molecular weight is 277 g/mol. The minimum atomic E-state index is -0.691. The summed E-state index contributed by atoms with van der Waals surface area (Å²) in [5, 5.41) is 13.1. The van der Waals surface area contributed by atoms with E-state index in [0.717, 1.165) is 35.5 Å². The molecular formula is C9H13BrN2OS. The van der Waals surface area contributed by atoms with Crippen LogP contribution >= 0.6 is 27.3 Å². The van der Waals surface area contributed by atoms with Crippen LogP contribution in [0.25, 0.3) is 0 Å². The van der Waals surface area contributed by atoms with Crippen LogP contribution in [0.3, 0.4) is 0 Å². The summed E-state index contributed by atoms with van der Waals surface area (Å²) in [7, 11) is 2.08. The second-order valence-corrected chi connectivity index (χ2v) is 5.48. The Labute approximate surface area is 95.9 Å². The van der Waals surface area contributed by atoms with Crippen LogP contribution < -0.4 is 0 Å². The number of hydrogen-bond donors (Lipinski definition) is 1. The van der Waals surface area contributed by atoms with Crippen LogP contribution in [0.4, 0.5) is 0 Å². The monoisotopic (exact) mass is 276 g/mol. The van der Waals surface area contributed by atoms with Gasteiger partial charge in [0.15, 0.2) is 0 Å². The average Bonchev–Trinajstić information content (AvgIpc) is 2.58. The quantitative estimate of drug-likeness (QED) is 0.850. The van der Waals surface area contributed by atoms with E-state index < -0.39 is 5.60 Å². The fourth-order valence-electron chi connectivity index (χ4n) is 1.67. The molecule has 1 saturated heterocycles. The summed E-state index contributed by atoms with van der Waals surface area (Å²) in [6.07, 6.45) is 1.56. The topological polar surface area (TPSA) is 36.4 Å². The van der Waals surface area contributed by atoms with Crippen molar-refractivity contribution >= 4 is 27.3 Å². The number of hydrogen-bond acceptors (Lipinski definition) is 4. The van der Waals surface area contributed by atoms with E-state index in [-0.39, 0.29) is 0 Å². The lowest BCUT2D eigenvalue weighted by molar-refractivity contribution is -0.0205. The second kappa shape index (κ2) is 3.89. The zero-order valence-electron chi connectivity index (χ0n) is 8.03. The highest BCUT2D eigenvalue weighted by Crippen LogP contribution is 2.34. The Morgan fingerprint density at radius 1 is 1.57 bits per heavy atom. The Kier molecular flexibility index (Phi) is 2.93. The number of thiazole rings is 1. The molecule has 1 aromatic rings. The van der Waals surface area contributed by atoms with Gasteiger partial charge in [-0.1, -0.05) is 0 Å². The standard InChI is InChI=1S/C9H13BrN2OS/c1-12-4-2-9(13,3-5-12)8-11-7(10)6-14-8/h6,13H,2-5H2,1H3. The summed E-state index contributed by atoms with van der Waals surface area (Å²) in [5.74, 6) is 0. The van der Waals surface area contributed by atoms with Gasteiger partial charge < -0.3 is 10.0 Å². The third-order valence-corrected chi connectivity index (χ3v) is 4.43. The Morgan fingerprint density at radius 2 is 2.21 bits per heavy atom. The maximum absolute atomic E-state index is 10.4. The smallest absolute Gasteiger partial charge is 0.126 e. The van der Waals surface area contributed by atoms with Gasteiger partial charge in [0.1, 0.15) is 15.2 Å². The number of halogens is 1. The van der Waals surface area contributed by atoms with Crippen molar-refractivity contribution in [3.8, 4) is 0 Å². The van der Waals surface area contributed by atoms with Gasteiger partial charge in [0.25, 0.3) is 0 Å². The van der Waals surface area contributed by atoms with Gasteiger partial charge >= 0.3 is 0 Å². The van der Waals surface area contributed by atoms with Crippen molar-refractivity contribution in [1.29, 1.82) is 0 Å². The lowest BCUT2D eigenvalue weighted by Crippen LogP contribution is -2.40. The summed E-state index contributed by atoms with van der Waals surface area (Å²) in [6.45, 7) is 1.88. The fourth-order valence-corrected chi connectivity index (χ4v) is 3.08. The zero-order valence-corrected chi connectivity index (χ0v) is 10.4. The number of aliphatic hydroxyl groups is 1. The van der Waals surface area contributed by atoms with Gasteiger partial charge in [-0.2, -0.15) is 0 Å². The first-order valence-electron chi connectivity index (χ1n) is 4.63. The molecule has 5 heteroatoms. The van der Waals surface area contributed by atoms with E-state index in [4.69, 9.17) is 0 Å². The molecule has 0 aliphatic carbocycles. The van der Waals surface area contributed by atoms with Crippen molar-refractivity contribution in [2.75, 3.05) is 20.1 Å². The lowest BCUT2D eigenvalue weighted by atomic mass is 9.92. The van der Waals surface area contributed by atoms with Crippen molar-refractivity contribution in [1.82, 2.24) is 9.88 Å². The molecule has 78 valence electrons. The van der Waals surface area contributed by atoms with Gasteiger partial charge in [-0.3, -0.25) is 0 Å². The van der Waals surface area contributed by atoms with Gasteiger partial charge in [0.05, 0.1) is 0 Å². The first kappa shape index (κ1) is 10.5. The Balaban J connectivity index is 2.16. The molecule has 0 spiro atoms. The molecule has 2 heterocycles. The molecule has 0 atom stereocenters. The molecule has 0 aromatic carbocycles. The van der Waals surface area contributed by atoms with E-state index in [1.165, 1.54) is 11.3 Å². The molecule has 0 amide bonds. The fraction of sp³-hybridized carbons (Fsp3) is 0.667. The number of aromatic nitrogens is 1. The molecule has 0 radical (unpaired) electrons. The van der Waals surface area contributed by atoms with E-state index in [9.17, 15) is 5.11 Å². The van der Waals surface area contributed by atoms with Gasteiger partial charge in [0.2, 0.25) is 0 Å². The number of rotatable bonds is 1. The summed E-state index contributed by atoms with van der Waals surface area (Å²) in [5.41, 5.74) is -0.691. The normalized spacial score (nSPS) is 22.5. The van der Waals surface area contributed by atoms with E-state index >= 15 is 0 Å². The Morgan fingerprint density at radius 3 is 2.71 bits per heavy atom. The zero-order chi connectivity index (χ0) is 10.2. The first-order valence-corrected chi connectivity index (χ1v) is 6.30. The second-order valence-electron chi connectivity index (χ2n) is 3.81. The molecule has 0 saturated carbocycles. The van der Waals surface area contributed by atoms with Crippen molar-refractivity contribution < 1.29 is 5.11 Å². The third-order valence-electron chi connectivity index (χ3n) is 2.69. The maximum Gasteiger partial charge on any atom is 0.126 e. The molecule has 0 bridgehead atoms. The van der Waals surface area contributed by atoms with E-state index in [2.05, 4.69) is 32.9 Å². The van der Waals surface area contributed by atoms with Gasteiger partial charge in [-0.15, -0.1) is 11.3 Å². The molecule has 1 aliphatic rings. The molecule has 14 heavy (non-hydrogen) atoms. The summed E-state index contributed by atoms with van der Waals surface area (Å²) in [4.78, 5) is 6.53. The van der Waals surface area contributed by atoms with Gasteiger partial charge in [-0.05, 0) is 35.8 Å². The van der Waals surface area contributed by atoms with Crippen LogP contribution in [0.15, 0.2) is 9.98 Å². The van der Waals surface area contributed by atoms with E-state index in [0.29, 0.717) is 0 Å². The highest BCUT2D eigenvalue weighted by Gasteiger charge is 2.35. The van der Waals surface area contributed by atoms with Crippen molar-refractivity contribution in [3.05, 3.63) is 15.0 Å². The summed E-state index contributed by atoms with van der Waals surface area (Å²) >= 11 is 4.84. The van der Waals surface area contributed by atoms with Crippen LogP contribution in [0.1, 0.15) is 17.8 Å². The largest absolute Gasteiger partial charge is 0.383 e. The van der Waals surface area contributed by atoms with Crippen LogP contribution in [0.5, 0.6) is 0 Å². The molecule has 2 rings (SSSR count). The van der Waals surface area contributed by atoms with Crippen LogP contribution in [-0.2, 0) is 5.60 Å². The SMILES string of the molecule is CN1CCC(O)(c2nc(Br)cs2)CC1. The van der Waals surface area contributed by atoms with Crippen LogP contribution in [-0.4, -0.2) is 35.1 Å². The van der Waals surface area contributed by atoms with Gasteiger partial charge in [-0.25, -0.2) is 4.98 Å². The maximum atomic E-state index is 10.4. The molecule has 0 unspecified atom stereocenters. The van der Waals surface area contributed by atoms with Crippen LogP contribution in [0, 0.1) is 0 Å². The first-order chi connectivity index (χ1) is 6.60. The van der Waals surface area contributed by atoms with E-state index in [1.807, 2.05) is 5.38 Å². The minimum absolute atomic E-state index is 0.691. The molecule has 1 aromatic heterocycles. The highest BCUT2D eigenvalue weighted by molar-refractivity contribution is 9.10. The van der Waals surface area contributed by atoms with Crippen molar-refractivity contribution in [2.24, 2.45) is 0 Å². The Bertz CT molecular complexity index is 320. The number of piperidine rings is 1. The number of nitrogens with zero attached hydrogens (tertiary/aromatic N) is 2. The van der Waals surface area contributed by atoms with E-state index in [1.54, 1.807) is 0 Å². The van der Waals surface area contributed by atoms with Gasteiger partial charge in [0, 0.05) is 18.5 Å². The predicted octanol–water partition coefficient (Wildman–Crippen LogP) is 1.82. The molecule has 3 nitrogen and oxygen atoms in total. The Hall–Kier alpha value is 0.0300. The molecule has 1 fully saturated rings. The van der Waals surface area contributed by atoms with Crippen molar-refractivity contribution in [3.63, 3.8) is 0 Å². The summed E-state index contributed by atoms with van der Waals surface area (Å²) in [6, 6.07) is 0. The van der Waals surface area contributed by atoms with Crippen molar-refractivity contribution in [2.45, 2.75) is 18.4 Å². The summed E-state index contributed by atoms with van der Waals surface area (Å²) < 4.78 is 0.824. The predicted molar refractivity (Wildman–Crippen MR) is 60.4 cm³/mol. The molecular weight excluding hydrogens is 264 g/mol.